The quantitative estimate of drug-likeness (QED) is 0.790. The van der Waals surface area contributed by atoms with Gasteiger partial charge in [-0.2, -0.15) is 0 Å². The van der Waals surface area contributed by atoms with Crippen LogP contribution in [0.15, 0.2) is 12.4 Å². The van der Waals surface area contributed by atoms with Gasteiger partial charge in [0.2, 0.25) is 0 Å². The van der Waals surface area contributed by atoms with Crippen LogP contribution in [0.5, 0.6) is 0 Å². The van der Waals surface area contributed by atoms with Gasteiger partial charge in [0, 0.05) is 12.2 Å². The Morgan fingerprint density at radius 3 is 2.59 bits per heavy atom. The predicted octanol–water partition coefficient (Wildman–Crippen LogP) is 0.378. The molecule has 0 atom stereocenters. The van der Waals surface area contributed by atoms with Gasteiger partial charge in [-0.1, -0.05) is 0 Å². The molecule has 0 radical (unpaired) electrons. The standard InChI is InChI=1S/C11H13N3O3/c1-6-4-13-9(5-12-6)10(15)14-8-2-7(3-8)11(16)17/h4-5,7-8H,2-3H2,1H3,(H,14,15)(H,16,17). The number of rotatable bonds is 3. The van der Waals surface area contributed by atoms with Crippen LogP contribution in [-0.4, -0.2) is 33.0 Å². The first-order valence-corrected chi connectivity index (χ1v) is 5.38. The third kappa shape index (κ3) is 2.58. The summed E-state index contributed by atoms with van der Waals surface area (Å²) in [5.74, 6) is -1.43. The molecule has 1 saturated carbocycles. The first-order chi connectivity index (χ1) is 8.06. The summed E-state index contributed by atoms with van der Waals surface area (Å²) in [5, 5.41) is 11.4. The summed E-state index contributed by atoms with van der Waals surface area (Å²) >= 11 is 0. The maximum atomic E-state index is 11.7. The molecule has 1 fully saturated rings. The van der Waals surface area contributed by atoms with Crippen LogP contribution >= 0.6 is 0 Å². The molecule has 6 nitrogen and oxygen atoms in total. The van der Waals surface area contributed by atoms with E-state index in [9.17, 15) is 9.59 Å². The Labute approximate surface area is 98.1 Å². The SMILES string of the molecule is Cc1cnc(C(=O)NC2CC(C(=O)O)C2)cn1. The van der Waals surface area contributed by atoms with Crippen LogP contribution < -0.4 is 5.32 Å². The predicted molar refractivity (Wildman–Crippen MR) is 58.4 cm³/mol. The first-order valence-electron chi connectivity index (χ1n) is 5.38. The number of carbonyl (C=O) groups is 2. The second-order valence-electron chi connectivity index (χ2n) is 4.22. The lowest BCUT2D eigenvalue weighted by atomic mass is 9.80. The van der Waals surface area contributed by atoms with E-state index in [1.807, 2.05) is 0 Å². The van der Waals surface area contributed by atoms with Crippen molar-refractivity contribution in [3.8, 4) is 0 Å². The highest BCUT2D eigenvalue weighted by Crippen LogP contribution is 2.27. The molecule has 1 aliphatic carbocycles. The highest BCUT2D eigenvalue weighted by Gasteiger charge is 2.35. The highest BCUT2D eigenvalue weighted by atomic mass is 16.4. The van der Waals surface area contributed by atoms with Crippen molar-refractivity contribution < 1.29 is 14.7 Å². The fraction of sp³-hybridized carbons (Fsp3) is 0.455. The van der Waals surface area contributed by atoms with Crippen molar-refractivity contribution in [1.82, 2.24) is 15.3 Å². The van der Waals surface area contributed by atoms with Gasteiger partial charge in [0.05, 0.1) is 17.8 Å². The minimum atomic E-state index is -0.800. The Bertz CT molecular complexity index is 438. The molecule has 1 heterocycles. The maximum absolute atomic E-state index is 11.7. The van der Waals surface area contributed by atoms with Crippen molar-refractivity contribution in [2.45, 2.75) is 25.8 Å². The van der Waals surface area contributed by atoms with Crippen molar-refractivity contribution in [1.29, 1.82) is 0 Å². The Morgan fingerprint density at radius 1 is 1.35 bits per heavy atom. The summed E-state index contributed by atoms with van der Waals surface area (Å²) in [7, 11) is 0. The van der Waals surface area contributed by atoms with Gasteiger partial charge in [-0.05, 0) is 19.8 Å². The van der Waals surface area contributed by atoms with E-state index >= 15 is 0 Å². The summed E-state index contributed by atoms with van der Waals surface area (Å²) in [6.45, 7) is 1.79. The number of aromatic nitrogens is 2. The fourth-order valence-electron chi connectivity index (χ4n) is 1.71. The van der Waals surface area contributed by atoms with Crippen LogP contribution in [0.3, 0.4) is 0 Å². The van der Waals surface area contributed by atoms with E-state index in [1.165, 1.54) is 12.4 Å². The number of hydrogen-bond donors (Lipinski definition) is 2. The van der Waals surface area contributed by atoms with Crippen molar-refractivity contribution in [3.05, 3.63) is 23.8 Å². The molecular weight excluding hydrogens is 222 g/mol. The van der Waals surface area contributed by atoms with Crippen LogP contribution in [0, 0.1) is 12.8 Å². The van der Waals surface area contributed by atoms with Crippen molar-refractivity contribution in [3.63, 3.8) is 0 Å². The third-order valence-corrected chi connectivity index (χ3v) is 2.84. The Balaban J connectivity index is 1.87. The van der Waals surface area contributed by atoms with Gasteiger partial charge >= 0.3 is 5.97 Å². The molecule has 1 amide bonds. The van der Waals surface area contributed by atoms with E-state index in [0.29, 0.717) is 12.8 Å². The molecule has 2 rings (SSSR count). The lowest BCUT2D eigenvalue weighted by Crippen LogP contribution is -2.46. The molecule has 6 heteroatoms. The van der Waals surface area contributed by atoms with Crippen LogP contribution in [-0.2, 0) is 4.79 Å². The number of nitrogens with zero attached hydrogens (tertiary/aromatic N) is 2. The maximum Gasteiger partial charge on any atom is 0.306 e. The van der Waals surface area contributed by atoms with Gasteiger partial charge < -0.3 is 10.4 Å². The smallest absolute Gasteiger partial charge is 0.306 e. The van der Waals surface area contributed by atoms with Gasteiger partial charge in [0.25, 0.3) is 5.91 Å². The molecule has 0 bridgehead atoms. The average Bonchev–Trinajstić information content (AvgIpc) is 2.23. The Hall–Kier alpha value is -1.98. The monoisotopic (exact) mass is 235 g/mol. The molecule has 0 spiro atoms. The molecular formula is C11H13N3O3. The lowest BCUT2D eigenvalue weighted by molar-refractivity contribution is -0.145. The summed E-state index contributed by atoms with van der Waals surface area (Å²) in [6, 6.07) is -0.0632. The third-order valence-electron chi connectivity index (χ3n) is 2.84. The topological polar surface area (TPSA) is 92.2 Å². The van der Waals surface area contributed by atoms with E-state index in [2.05, 4.69) is 15.3 Å². The van der Waals surface area contributed by atoms with Crippen molar-refractivity contribution >= 4 is 11.9 Å². The van der Waals surface area contributed by atoms with Crippen LogP contribution in [0.2, 0.25) is 0 Å². The van der Waals surface area contributed by atoms with Crippen LogP contribution in [0.4, 0.5) is 0 Å². The zero-order valence-corrected chi connectivity index (χ0v) is 9.38. The van der Waals surface area contributed by atoms with Gasteiger partial charge in [0.1, 0.15) is 5.69 Å². The van der Waals surface area contributed by atoms with Gasteiger partial charge in [-0.25, -0.2) is 4.98 Å². The highest BCUT2D eigenvalue weighted by molar-refractivity contribution is 5.92. The molecule has 0 aliphatic heterocycles. The van der Waals surface area contributed by atoms with Crippen LogP contribution in [0.1, 0.15) is 29.0 Å². The normalized spacial score (nSPS) is 22.6. The molecule has 0 unspecified atom stereocenters. The number of hydrogen-bond acceptors (Lipinski definition) is 4. The molecule has 2 N–H and O–H groups in total. The minimum Gasteiger partial charge on any atom is -0.481 e. The van der Waals surface area contributed by atoms with Gasteiger partial charge in [-0.15, -0.1) is 0 Å². The van der Waals surface area contributed by atoms with Gasteiger partial charge in [-0.3, -0.25) is 14.6 Å². The fourth-order valence-corrected chi connectivity index (χ4v) is 1.71. The summed E-state index contributed by atoms with van der Waals surface area (Å²) in [5.41, 5.74) is 1.01. The number of carboxylic acids is 1. The molecule has 1 aliphatic rings. The minimum absolute atomic E-state index is 0.0632. The molecule has 1 aromatic rings. The zero-order valence-electron chi connectivity index (χ0n) is 9.38. The largest absolute Gasteiger partial charge is 0.481 e. The number of aryl methyl sites for hydroxylation is 1. The van der Waals surface area contributed by atoms with E-state index in [1.54, 1.807) is 6.92 Å². The molecule has 1 aromatic heterocycles. The summed E-state index contributed by atoms with van der Waals surface area (Å²) in [4.78, 5) is 30.2. The number of carboxylic acid groups (broad SMARTS) is 1. The first kappa shape index (κ1) is 11.5. The zero-order chi connectivity index (χ0) is 12.4. The van der Waals surface area contributed by atoms with E-state index in [0.717, 1.165) is 5.69 Å². The van der Waals surface area contributed by atoms with Gasteiger partial charge in [0.15, 0.2) is 0 Å². The van der Waals surface area contributed by atoms with Crippen molar-refractivity contribution in [2.24, 2.45) is 5.92 Å². The number of aliphatic carboxylic acids is 1. The average molecular weight is 235 g/mol. The Morgan fingerprint density at radius 2 is 2.06 bits per heavy atom. The number of nitrogens with one attached hydrogen (secondary N) is 1. The number of amides is 1. The second-order valence-corrected chi connectivity index (χ2v) is 4.22. The van der Waals surface area contributed by atoms with E-state index in [-0.39, 0.29) is 23.6 Å². The summed E-state index contributed by atoms with van der Waals surface area (Å²) < 4.78 is 0. The molecule has 90 valence electrons. The molecule has 0 aromatic carbocycles. The summed E-state index contributed by atoms with van der Waals surface area (Å²) in [6.07, 6.45) is 3.91. The molecule has 0 saturated heterocycles. The Kier molecular flexibility index (Phi) is 3.03. The lowest BCUT2D eigenvalue weighted by Gasteiger charge is -2.32. The second kappa shape index (κ2) is 4.48. The van der Waals surface area contributed by atoms with Crippen LogP contribution in [0.25, 0.3) is 0 Å². The molecule has 17 heavy (non-hydrogen) atoms. The van der Waals surface area contributed by atoms with E-state index < -0.39 is 5.97 Å². The van der Waals surface area contributed by atoms with Crippen molar-refractivity contribution in [2.75, 3.05) is 0 Å². The van der Waals surface area contributed by atoms with E-state index in [4.69, 9.17) is 5.11 Å². The number of carbonyl (C=O) groups excluding carboxylic acids is 1.